The van der Waals surface area contributed by atoms with Crippen LogP contribution >= 0.6 is 11.8 Å². The second kappa shape index (κ2) is 4.44. The number of halogens is 3. The molecule has 0 bridgehead atoms. The van der Waals surface area contributed by atoms with Crippen LogP contribution < -0.4 is 0 Å². The fraction of sp³-hybridized carbons (Fsp3) is 0.625. The van der Waals surface area contributed by atoms with Gasteiger partial charge in [-0.05, 0) is 13.0 Å². The second-order valence-electron chi connectivity index (χ2n) is 3.12. The number of aryl methyl sites for hydroxylation is 2. The lowest BCUT2D eigenvalue weighted by Gasteiger charge is -2.13. The molecule has 1 N–H and O–H groups in total. The van der Waals surface area contributed by atoms with Gasteiger partial charge in [0.15, 0.2) is 6.10 Å². The van der Waals surface area contributed by atoms with Crippen molar-refractivity contribution >= 4 is 11.8 Å². The topological polar surface area (TPSA) is 38.0 Å². The van der Waals surface area contributed by atoms with Gasteiger partial charge in [-0.15, -0.1) is 11.8 Å². The molecule has 15 heavy (non-hydrogen) atoms. The summed E-state index contributed by atoms with van der Waals surface area (Å²) >= 11 is 0.933. The molecule has 0 aliphatic carbocycles. The monoisotopic (exact) mass is 240 g/mol. The summed E-state index contributed by atoms with van der Waals surface area (Å²) in [5.74, 6) is -0.414. The fourth-order valence-electron chi connectivity index (χ4n) is 0.981. The van der Waals surface area contributed by atoms with Crippen molar-refractivity contribution in [1.82, 2.24) is 9.78 Å². The van der Waals surface area contributed by atoms with E-state index in [1.165, 1.54) is 4.68 Å². The number of thioether (sulfide) groups is 1. The van der Waals surface area contributed by atoms with E-state index < -0.39 is 18.0 Å². The molecular formula is C8H11F3N2OS. The minimum atomic E-state index is -4.55. The predicted octanol–water partition coefficient (Wildman–Crippen LogP) is 1.74. The summed E-state index contributed by atoms with van der Waals surface area (Å²) < 4.78 is 37.4. The number of aliphatic hydroxyl groups excluding tert-OH is 1. The molecule has 0 amide bonds. The lowest BCUT2D eigenvalue weighted by atomic mass is 10.4. The molecule has 1 atom stereocenters. The first kappa shape index (κ1) is 12.4. The molecule has 0 radical (unpaired) electrons. The minimum Gasteiger partial charge on any atom is -0.383 e. The zero-order valence-electron chi connectivity index (χ0n) is 8.25. The van der Waals surface area contributed by atoms with Crippen molar-refractivity contribution in [2.45, 2.75) is 24.2 Å². The Bertz CT molecular complexity index is 337. The number of aromatic nitrogens is 2. The van der Waals surface area contributed by atoms with Crippen LogP contribution in [0.5, 0.6) is 0 Å². The highest BCUT2D eigenvalue weighted by Gasteiger charge is 2.38. The summed E-state index contributed by atoms with van der Waals surface area (Å²) in [4.78, 5) is 0. The van der Waals surface area contributed by atoms with Crippen molar-refractivity contribution < 1.29 is 18.3 Å². The second-order valence-corrected chi connectivity index (χ2v) is 4.16. The Morgan fingerprint density at radius 1 is 1.60 bits per heavy atom. The quantitative estimate of drug-likeness (QED) is 0.818. The Hall–Kier alpha value is -0.690. The van der Waals surface area contributed by atoms with E-state index in [0.717, 1.165) is 17.5 Å². The Morgan fingerprint density at radius 2 is 2.20 bits per heavy atom. The van der Waals surface area contributed by atoms with Gasteiger partial charge in [0.05, 0.1) is 10.7 Å². The highest BCUT2D eigenvalue weighted by atomic mass is 32.2. The van der Waals surface area contributed by atoms with E-state index >= 15 is 0 Å². The third kappa shape index (κ3) is 3.42. The summed E-state index contributed by atoms with van der Waals surface area (Å²) in [6.07, 6.45) is -6.85. The standard InChI is InChI=1S/C8H11F3N2OS/c1-5-3-7(13(2)12-5)15-4-6(14)8(9,10)11/h3,6,14H,4H2,1-2H3. The first-order chi connectivity index (χ1) is 6.80. The predicted molar refractivity (Wildman–Crippen MR) is 50.7 cm³/mol. The highest BCUT2D eigenvalue weighted by molar-refractivity contribution is 7.99. The van der Waals surface area contributed by atoms with Gasteiger partial charge in [-0.1, -0.05) is 0 Å². The van der Waals surface area contributed by atoms with E-state index in [1.807, 2.05) is 0 Å². The van der Waals surface area contributed by atoms with Crippen molar-refractivity contribution in [3.8, 4) is 0 Å². The largest absolute Gasteiger partial charge is 0.415 e. The third-order valence-corrected chi connectivity index (χ3v) is 2.89. The first-order valence-corrected chi connectivity index (χ1v) is 5.17. The maximum Gasteiger partial charge on any atom is 0.415 e. The number of alkyl halides is 3. The van der Waals surface area contributed by atoms with Crippen LogP contribution in [0.3, 0.4) is 0 Å². The van der Waals surface area contributed by atoms with Gasteiger partial charge in [0.2, 0.25) is 0 Å². The molecule has 1 aromatic rings. The SMILES string of the molecule is Cc1cc(SCC(O)C(F)(F)F)n(C)n1. The van der Waals surface area contributed by atoms with Crippen molar-refractivity contribution in [2.24, 2.45) is 7.05 Å². The average molecular weight is 240 g/mol. The summed E-state index contributed by atoms with van der Waals surface area (Å²) in [6.45, 7) is 1.75. The van der Waals surface area contributed by atoms with Crippen molar-refractivity contribution in [3.05, 3.63) is 11.8 Å². The molecule has 1 rings (SSSR count). The number of nitrogens with zero attached hydrogens (tertiary/aromatic N) is 2. The normalized spacial score (nSPS) is 14.3. The lowest BCUT2D eigenvalue weighted by Crippen LogP contribution is -2.30. The Balaban J connectivity index is 2.54. The first-order valence-electron chi connectivity index (χ1n) is 4.19. The van der Waals surface area contributed by atoms with Gasteiger partial charge in [0, 0.05) is 12.8 Å². The van der Waals surface area contributed by atoms with Crippen LogP contribution in [0.4, 0.5) is 13.2 Å². The van der Waals surface area contributed by atoms with E-state index in [9.17, 15) is 13.2 Å². The van der Waals surface area contributed by atoms with E-state index in [2.05, 4.69) is 5.10 Å². The molecule has 0 spiro atoms. The molecule has 0 aliphatic heterocycles. The molecule has 7 heteroatoms. The van der Waals surface area contributed by atoms with E-state index in [1.54, 1.807) is 20.0 Å². The van der Waals surface area contributed by atoms with Gasteiger partial charge in [0.1, 0.15) is 0 Å². The summed E-state index contributed by atoms with van der Waals surface area (Å²) in [7, 11) is 1.65. The fourth-order valence-corrected chi connectivity index (χ4v) is 1.98. The smallest absolute Gasteiger partial charge is 0.383 e. The van der Waals surface area contributed by atoms with Crippen LogP contribution in [0, 0.1) is 6.92 Å². The molecule has 1 aromatic heterocycles. The zero-order chi connectivity index (χ0) is 11.6. The maximum absolute atomic E-state index is 12.0. The molecule has 3 nitrogen and oxygen atoms in total. The highest BCUT2D eigenvalue weighted by Crippen LogP contribution is 2.26. The summed E-state index contributed by atoms with van der Waals surface area (Å²) in [5.41, 5.74) is 0.737. The van der Waals surface area contributed by atoms with Crippen molar-refractivity contribution in [2.75, 3.05) is 5.75 Å². The van der Waals surface area contributed by atoms with Gasteiger partial charge in [0.25, 0.3) is 0 Å². The van der Waals surface area contributed by atoms with Crippen LogP contribution in [-0.4, -0.2) is 32.9 Å². The number of hydrogen-bond donors (Lipinski definition) is 1. The summed E-state index contributed by atoms with van der Waals surface area (Å²) in [6, 6.07) is 1.67. The van der Waals surface area contributed by atoms with Gasteiger partial charge < -0.3 is 5.11 Å². The van der Waals surface area contributed by atoms with Crippen molar-refractivity contribution in [1.29, 1.82) is 0 Å². The Labute approximate surface area is 89.3 Å². The maximum atomic E-state index is 12.0. The Morgan fingerprint density at radius 3 is 2.60 bits per heavy atom. The van der Waals surface area contributed by atoms with Crippen LogP contribution in [0.1, 0.15) is 5.69 Å². The molecule has 1 heterocycles. The van der Waals surface area contributed by atoms with Crippen LogP contribution in [0.15, 0.2) is 11.1 Å². The van der Waals surface area contributed by atoms with Gasteiger partial charge >= 0.3 is 6.18 Å². The lowest BCUT2D eigenvalue weighted by molar-refractivity contribution is -0.195. The van der Waals surface area contributed by atoms with E-state index in [4.69, 9.17) is 5.11 Å². The molecule has 0 fully saturated rings. The number of rotatable bonds is 3. The molecule has 0 aliphatic rings. The van der Waals surface area contributed by atoms with Crippen LogP contribution in [0.2, 0.25) is 0 Å². The molecule has 86 valence electrons. The zero-order valence-corrected chi connectivity index (χ0v) is 9.06. The number of aliphatic hydroxyl groups is 1. The van der Waals surface area contributed by atoms with Gasteiger partial charge in [-0.3, -0.25) is 4.68 Å². The number of hydrogen-bond acceptors (Lipinski definition) is 3. The minimum absolute atomic E-state index is 0.414. The van der Waals surface area contributed by atoms with Crippen LogP contribution in [0.25, 0.3) is 0 Å². The van der Waals surface area contributed by atoms with E-state index in [-0.39, 0.29) is 0 Å². The molecular weight excluding hydrogens is 229 g/mol. The molecule has 1 unspecified atom stereocenters. The molecule has 0 aromatic carbocycles. The molecule has 0 saturated carbocycles. The van der Waals surface area contributed by atoms with Gasteiger partial charge in [-0.25, -0.2) is 0 Å². The third-order valence-electron chi connectivity index (χ3n) is 1.73. The average Bonchev–Trinajstić information content (AvgIpc) is 2.39. The van der Waals surface area contributed by atoms with Crippen molar-refractivity contribution in [3.63, 3.8) is 0 Å². The Kier molecular flexibility index (Phi) is 3.67. The van der Waals surface area contributed by atoms with Crippen LogP contribution in [-0.2, 0) is 7.05 Å². The van der Waals surface area contributed by atoms with E-state index in [0.29, 0.717) is 5.03 Å². The molecule has 0 saturated heterocycles. The van der Waals surface area contributed by atoms with Gasteiger partial charge in [-0.2, -0.15) is 18.3 Å². The summed E-state index contributed by atoms with van der Waals surface area (Å²) in [5, 5.41) is 13.4.